The smallest absolute Gasteiger partial charge is 0.313 e. The van der Waals surface area contributed by atoms with Gasteiger partial charge in [-0.3, -0.25) is 9.36 Å². The highest BCUT2D eigenvalue weighted by Crippen LogP contribution is 2.26. The number of aromatic nitrogens is 2. The van der Waals surface area contributed by atoms with Crippen molar-refractivity contribution in [1.29, 1.82) is 0 Å². The molecule has 1 heterocycles. The number of para-hydroxylation sites is 2. The van der Waals surface area contributed by atoms with E-state index in [1.54, 1.807) is 19.5 Å². The van der Waals surface area contributed by atoms with Crippen LogP contribution in [-0.2, 0) is 4.79 Å². The number of hydrogen-bond acceptors (Lipinski definition) is 4. The lowest BCUT2D eigenvalue weighted by atomic mass is 10.3. The first-order valence-corrected chi connectivity index (χ1v) is 6.22. The minimum absolute atomic E-state index is 0.0217. The Morgan fingerprint density at radius 1 is 1.50 bits per heavy atom. The second kappa shape index (κ2) is 5.59. The van der Waals surface area contributed by atoms with Gasteiger partial charge in [-0.25, -0.2) is 4.98 Å². The van der Waals surface area contributed by atoms with Crippen LogP contribution in [0.25, 0.3) is 5.69 Å². The predicted octanol–water partition coefficient (Wildman–Crippen LogP) is 2.06. The minimum atomic E-state index is -0.866. The monoisotopic (exact) mass is 264 g/mol. The van der Waals surface area contributed by atoms with Crippen molar-refractivity contribution < 1.29 is 14.6 Å². The van der Waals surface area contributed by atoms with Crippen molar-refractivity contribution in [1.82, 2.24) is 9.55 Å². The molecule has 0 aliphatic carbocycles. The summed E-state index contributed by atoms with van der Waals surface area (Å²) >= 11 is 1.17. The maximum atomic E-state index is 10.6. The van der Waals surface area contributed by atoms with E-state index < -0.39 is 5.97 Å². The number of carboxylic acids is 1. The summed E-state index contributed by atoms with van der Waals surface area (Å²) in [6, 6.07) is 7.51. The molecule has 0 radical (unpaired) electrons. The maximum Gasteiger partial charge on any atom is 0.313 e. The highest BCUT2D eigenvalue weighted by Gasteiger charge is 2.11. The molecule has 0 aliphatic rings. The first kappa shape index (κ1) is 12.5. The number of thioether (sulfide) groups is 1. The van der Waals surface area contributed by atoms with E-state index in [2.05, 4.69) is 4.98 Å². The van der Waals surface area contributed by atoms with E-state index in [-0.39, 0.29) is 5.75 Å². The van der Waals surface area contributed by atoms with Gasteiger partial charge in [0.1, 0.15) is 5.75 Å². The van der Waals surface area contributed by atoms with Crippen LogP contribution in [-0.4, -0.2) is 33.5 Å². The van der Waals surface area contributed by atoms with Gasteiger partial charge < -0.3 is 9.84 Å². The second-order valence-corrected chi connectivity index (χ2v) is 4.38. The average molecular weight is 264 g/mol. The first-order valence-electron chi connectivity index (χ1n) is 5.23. The zero-order valence-electron chi connectivity index (χ0n) is 9.74. The van der Waals surface area contributed by atoms with Gasteiger partial charge in [0.2, 0.25) is 0 Å². The van der Waals surface area contributed by atoms with Gasteiger partial charge in [-0.1, -0.05) is 23.9 Å². The lowest BCUT2D eigenvalue weighted by Crippen LogP contribution is -2.02. The molecule has 1 aromatic heterocycles. The third-order valence-electron chi connectivity index (χ3n) is 2.28. The molecule has 0 amide bonds. The summed E-state index contributed by atoms with van der Waals surface area (Å²) in [6.07, 6.45) is 3.42. The SMILES string of the molecule is COc1ccccc1-n1ccnc1SCC(=O)O. The molecule has 0 bridgehead atoms. The summed E-state index contributed by atoms with van der Waals surface area (Å²) in [7, 11) is 1.60. The Morgan fingerprint density at radius 2 is 2.28 bits per heavy atom. The average Bonchev–Trinajstić information content (AvgIpc) is 2.84. The Morgan fingerprint density at radius 3 is 3.00 bits per heavy atom. The van der Waals surface area contributed by atoms with Crippen LogP contribution < -0.4 is 4.74 Å². The maximum absolute atomic E-state index is 10.6. The Labute approximate surface area is 108 Å². The minimum Gasteiger partial charge on any atom is -0.495 e. The van der Waals surface area contributed by atoms with Crippen molar-refractivity contribution in [3.05, 3.63) is 36.7 Å². The quantitative estimate of drug-likeness (QED) is 0.837. The number of benzene rings is 1. The van der Waals surface area contributed by atoms with E-state index in [4.69, 9.17) is 9.84 Å². The Hall–Kier alpha value is -1.95. The summed E-state index contributed by atoms with van der Waals surface area (Å²) in [6.45, 7) is 0. The topological polar surface area (TPSA) is 64.4 Å². The fraction of sp³-hybridized carbons (Fsp3) is 0.167. The number of nitrogens with zero attached hydrogens (tertiary/aromatic N) is 2. The van der Waals surface area contributed by atoms with Gasteiger partial charge in [0.25, 0.3) is 0 Å². The van der Waals surface area contributed by atoms with Crippen molar-refractivity contribution in [3.8, 4) is 11.4 Å². The Bertz CT molecular complexity index is 554. The summed E-state index contributed by atoms with van der Waals surface area (Å²) in [5.41, 5.74) is 0.838. The van der Waals surface area contributed by atoms with Gasteiger partial charge in [0.15, 0.2) is 5.16 Å². The molecule has 0 fully saturated rings. The molecule has 2 rings (SSSR count). The Balaban J connectivity index is 2.33. The van der Waals surface area contributed by atoms with E-state index in [1.165, 1.54) is 11.8 Å². The van der Waals surface area contributed by atoms with Crippen LogP contribution in [0.1, 0.15) is 0 Å². The number of imidazole rings is 1. The van der Waals surface area contributed by atoms with Crippen molar-refractivity contribution in [3.63, 3.8) is 0 Å². The zero-order valence-corrected chi connectivity index (χ0v) is 10.6. The number of carboxylic acid groups (broad SMARTS) is 1. The van der Waals surface area contributed by atoms with E-state index in [0.717, 1.165) is 5.69 Å². The van der Waals surface area contributed by atoms with Crippen LogP contribution in [0.4, 0.5) is 0 Å². The molecule has 0 aliphatic heterocycles. The van der Waals surface area contributed by atoms with Gasteiger partial charge in [0, 0.05) is 12.4 Å². The highest BCUT2D eigenvalue weighted by molar-refractivity contribution is 7.99. The molecule has 0 unspecified atom stereocenters. The van der Waals surface area contributed by atoms with Gasteiger partial charge in [-0.2, -0.15) is 0 Å². The lowest BCUT2D eigenvalue weighted by molar-refractivity contribution is -0.133. The molecular formula is C12H12N2O3S. The first-order chi connectivity index (χ1) is 8.72. The largest absolute Gasteiger partial charge is 0.495 e. The fourth-order valence-corrected chi connectivity index (χ4v) is 2.22. The molecule has 18 heavy (non-hydrogen) atoms. The summed E-state index contributed by atoms with van der Waals surface area (Å²) in [5, 5.41) is 9.32. The second-order valence-electron chi connectivity index (χ2n) is 3.43. The molecule has 5 nitrogen and oxygen atoms in total. The van der Waals surface area contributed by atoms with E-state index in [9.17, 15) is 4.79 Å². The van der Waals surface area contributed by atoms with Crippen LogP contribution in [0.5, 0.6) is 5.75 Å². The number of hydrogen-bond donors (Lipinski definition) is 1. The van der Waals surface area contributed by atoms with Crippen LogP contribution in [0.3, 0.4) is 0 Å². The lowest BCUT2D eigenvalue weighted by Gasteiger charge is -2.10. The van der Waals surface area contributed by atoms with Crippen LogP contribution >= 0.6 is 11.8 Å². The van der Waals surface area contributed by atoms with Crippen molar-refractivity contribution in [2.75, 3.05) is 12.9 Å². The predicted molar refractivity (Wildman–Crippen MR) is 68.5 cm³/mol. The van der Waals surface area contributed by atoms with Crippen LogP contribution in [0.2, 0.25) is 0 Å². The zero-order chi connectivity index (χ0) is 13.0. The Kier molecular flexibility index (Phi) is 3.88. The molecule has 1 N–H and O–H groups in total. The number of aliphatic carboxylic acids is 1. The van der Waals surface area contributed by atoms with E-state index >= 15 is 0 Å². The molecule has 0 saturated carbocycles. The van der Waals surface area contributed by atoms with E-state index in [0.29, 0.717) is 10.9 Å². The normalized spacial score (nSPS) is 10.3. The molecule has 0 saturated heterocycles. The molecule has 1 aromatic carbocycles. The van der Waals surface area contributed by atoms with Crippen LogP contribution in [0, 0.1) is 0 Å². The number of carbonyl (C=O) groups is 1. The highest BCUT2D eigenvalue weighted by atomic mass is 32.2. The number of rotatable bonds is 5. The van der Waals surface area contributed by atoms with Crippen molar-refractivity contribution >= 4 is 17.7 Å². The summed E-state index contributed by atoms with van der Waals surface area (Å²) in [4.78, 5) is 14.7. The number of ether oxygens (including phenoxy) is 1. The van der Waals surface area contributed by atoms with Gasteiger partial charge in [-0.15, -0.1) is 0 Å². The van der Waals surface area contributed by atoms with Gasteiger partial charge in [0.05, 0.1) is 18.6 Å². The van der Waals surface area contributed by atoms with Crippen LogP contribution in [0.15, 0.2) is 41.8 Å². The fourth-order valence-electron chi connectivity index (χ4n) is 1.53. The van der Waals surface area contributed by atoms with Gasteiger partial charge in [-0.05, 0) is 12.1 Å². The van der Waals surface area contributed by atoms with Crippen molar-refractivity contribution in [2.45, 2.75) is 5.16 Å². The standard InChI is InChI=1S/C12H12N2O3S/c1-17-10-5-3-2-4-9(10)14-7-6-13-12(14)18-8-11(15)16/h2-7H,8H2,1H3,(H,15,16). The molecule has 94 valence electrons. The molecule has 0 spiro atoms. The number of methoxy groups -OCH3 is 1. The van der Waals surface area contributed by atoms with E-state index in [1.807, 2.05) is 28.8 Å². The molecule has 2 aromatic rings. The summed E-state index contributed by atoms with van der Waals surface area (Å²) < 4.78 is 7.09. The molecule has 0 atom stereocenters. The molecular weight excluding hydrogens is 252 g/mol. The van der Waals surface area contributed by atoms with Gasteiger partial charge >= 0.3 is 5.97 Å². The van der Waals surface area contributed by atoms with Crippen molar-refractivity contribution in [2.24, 2.45) is 0 Å². The molecule has 6 heteroatoms. The third kappa shape index (κ3) is 2.65. The third-order valence-corrected chi connectivity index (χ3v) is 3.23. The summed E-state index contributed by atoms with van der Waals surface area (Å²) in [5.74, 6) is -0.172.